The first-order chi connectivity index (χ1) is 8.83. The Balaban J connectivity index is 2.93. The van der Waals surface area contributed by atoms with Crippen molar-refractivity contribution in [3.05, 3.63) is 35.9 Å². The van der Waals surface area contributed by atoms with Crippen LogP contribution in [-0.4, -0.2) is 24.6 Å². The van der Waals surface area contributed by atoms with E-state index in [4.69, 9.17) is 4.74 Å². The predicted octanol–water partition coefficient (Wildman–Crippen LogP) is 2.00. The third-order valence-corrected chi connectivity index (χ3v) is 2.28. The van der Waals surface area contributed by atoms with Gasteiger partial charge in [-0.25, -0.2) is 9.59 Å². The molecule has 0 bridgehead atoms. The van der Waals surface area contributed by atoms with Gasteiger partial charge in [0.1, 0.15) is 5.60 Å². The first-order valence-electron chi connectivity index (χ1n) is 6.09. The van der Waals surface area contributed by atoms with Crippen LogP contribution in [0, 0.1) is 0 Å². The monoisotopic (exact) mass is 264 g/mol. The summed E-state index contributed by atoms with van der Waals surface area (Å²) in [5.41, 5.74) is 0.0782. The van der Waals surface area contributed by atoms with E-state index in [0.717, 1.165) is 0 Å². The molecule has 1 atom stereocenters. The molecule has 0 heterocycles. The fourth-order valence-electron chi connectivity index (χ4n) is 1.49. The van der Waals surface area contributed by atoms with Gasteiger partial charge in [0.2, 0.25) is 0 Å². The number of carbonyl (C=O) groups is 2. The smallest absolute Gasteiger partial charge is 0.333 e. The van der Waals surface area contributed by atoms with Gasteiger partial charge in [0.15, 0.2) is 6.04 Å². The Kier molecular flexibility index (Phi) is 4.92. The number of urea groups is 1. The SMILES string of the molecule is CNC(=O)N[C@H](C(=O)OC(C)(C)C)c1ccccc1. The van der Waals surface area contributed by atoms with Gasteiger partial charge in [0.05, 0.1) is 0 Å². The van der Waals surface area contributed by atoms with Crippen LogP contribution in [0.3, 0.4) is 0 Å². The number of hydrogen-bond donors (Lipinski definition) is 2. The van der Waals surface area contributed by atoms with Gasteiger partial charge in [-0.3, -0.25) is 0 Å². The molecule has 5 heteroatoms. The topological polar surface area (TPSA) is 67.4 Å². The van der Waals surface area contributed by atoms with Crippen molar-refractivity contribution in [1.29, 1.82) is 0 Å². The fraction of sp³-hybridized carbons (Fsp3) is 0.429. The largest absolute Gasteiger partial charge is 0.458 e. The molecule has 0 aliphatic heterocycles. The van der Waals surface area contributed by atoms with Crippen LogP contribution in [0.1, 0.15) is 32.4 Å². The summed E-state index contributed by atoms with van der Waals surface area (Å²) < 4.78 is 5.32. The maximum atomic E-state index is 12.1. The van der Waals surface area contributed by atoms with E-state index in [1.54, 1.807) is 45.0 Å². The number of hydrogen-bond acceptors (Lipinski definition) is 3. The van der Waals surface area contributed by atoms with Crippen molar-refractivity contribution in [2.24, 2.45) is 0 Å². The van der Waals surface area contributed by atoms with Crippen LogP contribution in [-0.2, 0) is 9.53 Å². The lowest BCUT2D eigenvalue weighted by Gasteiger charge is -2.24. The van der Waals surface area contributed by atoms with E-state index in [0.29, 0.717) is 5.56 Å². The van der Waals surface area contributed by atoms with E-state index < -0.39 is 23.6 Å². The normalized spacial score (nSPS) is 12.4. The quantitative estimate of drug-likeness (QED) is 0.820. The number of nitrogens with one attached hydrogen (secondary N) is 2. The van der Waals surface area contributed by atoms with E-state index in [1.165, 1.54) is 7.05 Å². The van der Waals surface area contributed by atoms with E-state index >= 15 is 0 Å². The molecule has 0 unspecified atom stereocenters. The second kappa shape index (κ2) is 6.22. The van der Waals surface area contributed by atoms with E-state index in [-0.39, 0.29) is 0 Å². The molecule has 19 heavy (non-hydrogen) atoms. The zero-order chi connectivity index (χ0) is 14.5. The third kappa shape index (κ3) is 4.99. The Hall–Kier alpha value is -2.04. The summed E-state index contributed by atoms with van der Waals surface area (Å²) in [5.74, 6) is -0.484. The zero-order valence-corrected chi connectivity index (χ0v) is 11.7. The summed E-state index contributed by atoms with van der Waals surface area (Å²) in [7, 11) is 1.49. The summed E-state index contributed by atoms with van der Waals surface area (Å²) >= 11 is 0. The highest BCUT2D eigenvalue weighted by atomic mass is 16.6. The van der Waals surface area contributed by atoms with Crippen molar-refractivity contribution in [2.75, 3.05) is 7.05 Å². The molecule has 0 spiro atoms. The van der Waals surface area contributed by atoms with Crippen molar-refractivity contribution < 1.29 is 14.3 Å². The fourth-order valence-corrected chi connectivity index (χ4v) is 1.49. The Morgan fingerprint density at radius 2 is 1.74 bits per heavy atom. The molecule has 1 aromatic carbocycles. The molecule has 1 rings (SSSR count). The molecule has 0 aromatic heterocycles. The van der Waals surface area contributed by atoms with E-state index in [2.05, 4.69) is 10.6 Å². The Morgan fingerprint density at radius 3 is 2.21 bits per heavy atom. The molecule has 0 aliphatic rings. The Bertz CT molecular complexity index is 438. The van der Waals surface area contributed by atoms with Crippen molar-refractivity contribution in [1.82, 2.24) is 10.6 Å². The summed E-state index contributed by atoms with van der Waals surface area (Å²) in [6.07, 6.45) is 0. The highest BCUT2D eigenvalue weighted by Crippen LogP contribution is 2.18. The maximum absolute atomic E-state index is 12.1. The van der Waals surface area contributed by atoms with Crippen molar-refractivity contribution in [3.63, 3.8) is 0 Å². The number of amides is 2. The summed E-state index contributed by atoms with van der Waals surface area (Å²) in [4.78, 5) is 23.6. The van der Waals surface area contributed by atoms with Crippen molar-refractivity contribution >= 4 is 12.0 Å². The predicted molar refractivity (Wildman–Crippen MR) is 72.6 cm³/mol. The molecule has 0 fully saturated rings. The lowest BCUT2D eigenvalue weighted by molar-refractivity contribution is -0.157. The van der Waals surface area contributed by atoms with Crippen LogP contribution in [0.5, 0.6) is 0 Å². The molecule has 0 saturated carbocycles. The minimum Gasteiger partial charge on any atom is -0.458 e. The van der Waals surface area contributed by atoms with Crippen LogP contribution in [0.15, 0.2) is 30.3 Å². The summed E-state index contributed by atoms with van der Waals surface area (Å²) in [6, 6.07) is 7.74. The van der Waals surface area contributed by atoms with Crippen LogP contribution < -0.4 is 10.6 Å². The number of carbonyl (C=O) groups excluding carboxylic acids is 2. The van der Waals surface area contributed by atoms with Gasteiger partial charge in [0.25, 0.3) is 0 Å². The van der Waals surface area contributed by atoms with Gasteiger partial charge < -0.3 is 15.4 Å². The van der Waals surface area contributed by atoms with Gasteiger partial charge in [-0.1, -0.05) is 30.3 Å². The molecule has 0 radical (unpaired) electrons. The van der Waals surface area contributed by atoms with Gasteiger partial charge in [0, 0.05) is 7.05 Å². The average Bonchev–Trinajstić information content (AvgIpc) is 2.34. The summed E-state index contributed by atoms with van der Waals surface area (Å²) in [6.45, 7) is 5.35. The Morgan fingerprint density at radius 1 is 1.16 bits per heavy atom. The zero-order valence-electron chi connectivity index (χ0n) is 11.7. The lowest BCUT2D eigenvalue weighted by atomic mass is 10.1. The van der Waals surface area contributed by atoms with Gasteiger partial charge in [-0.05, 0) is 26.3 Å². The number of rotatable bonds is 3. The van der Waals surface area contributed by atoms with Crippen LogP contribution in [0.2, 0.25) is 0 Å². The molecule has 0 aliphatic carbocycles. The Labute approximate surface area is 113 Å². The minimum atomic E-state index is -0.819. The molecule has 5 nitrogen and oxygen atoms in total. The van der Waals surface area contributed by atoms with Gasteiger partial charge >= 0.3 is 12.0 Å². The first-order valence-corrected chi connectivity index (χ1v) is 6.09. The molecule has 2 amide bonds. The average molecular weight is 264 g/mol. The number of benzene rings is 1. The molecule has 2 N–H and O–H groups in total. The van der Waals surface area contributed by atoms with Gasteiger partial charge in [-0.15, -0.1) is 0 Å². The van der Waals surface area contributed by atoms with Crippen molar-refractivity contribution in [3.8, 4) is 0 Å². The summed E-state index contributed by atoms with van der Waals surface area (Å²) in [5, 5.41) is 5.01. The molecular weight excluding hydrogens is 244 g/mol. The molecular formula is C14H20N2O3. The van der Waals surface area contributed by atoms with Crippen LogP contribution in [0.4, 0.5) is 4.79 Å². The third-order valence-electron chi connectivity index (χ3n) is 2.28. The molecule has 104 valence electrons. The van der Waals surface area contributed by atoms with E-state index in [9.17, 15) is 9.59 Å². The molecule has 1 aromatic rings. The first kappa shape index (κ1) is 15.0. The minimum absolute atomic E-state index is 0.431. The highest BCUT2D eigenvalue weighted by Gasteiger charge is 2.27. The van der Waals surface area contributed by atoms with Gasteiger partial charge in [-0.2, -0.15) is 0 Å². The standard InChI is InChI=1S/C14H20N2O3/c1-14(2,3)19-12(17)11(16-13(18)15-4)10-8-6-5-7-9-10/h5-9,11H,1-4H3,(H2,15,16,18)/t11-/m0/s1. The lowest BCUT2D eigenvalue weighted by Crippen LogP contribution is -2.41. The van der Waals surface area contributed by atoms with Crippen LogP contribution in [0.25, 0.3) is 0 Å². The molecule has 0 saturated heterocycles. The number of ether oxygens (including phenoxy) is 1. The van der Waals surface area contributed by atoms with E-state index in [1.807, 2.05) is 6.07 Å². The van der Waals surface area contributed by atoms with Crippen LogP contribution >= 0.6 is 0 Å². The highest BCUT2D eigenvalue weighted by molar-refractivity contribution is 5.84. The second-order valence-electron chi connectivity index (χ2n) is 5.10. The second-order valence-corrected chi connectivity index (χ2v) is 5.10. The van der Waals surface area contributed by atoms with Crippen molar-refractivity contribution in [2.45, 2.75) is 32.4 Å². The maximum Gasteiger partial charge on any atom is 0.333 e. The number of esters is 1.